The Kier molecular flexibility index (Phi) is 6.03. The largest absolute Gasteiger partial charge is 0.385 e. The Balaban J connectivity index is 1.82. The normalized spacial score (nSPS) is 17.6. The molecule has 1 saturated heterocycles. The molecule has 6 nitrogen and oxygen atoms in total. The van der Waals surface area contributed by atoms with Crippen LogP contribution >= 0.6 is 11.6 Å². The van der Waals surface area contributed by atoms with Gasteiger partial charge in [-0.15, -0.1) is 0 Å². The first-order chi connectivity index (χ1) is 10.6. The van der Waals surface area contributed by atoms with E-state index in [0.717, 1.165) is 12.1 Å². The Labute approximate surface area is 134 Å². The van der Waals surface area contributed by atoms with Crippen molar-refractivity contribution in [3.05, 3.63) is 29.3 Å². The summed E-state index contributed by atoms with van der Waals surface area (Å²) in [4.78, 5) is 25.5. The van der Waals surface area contributed by atoms with Gasteiger partial charge < -0.3 is 20.3 Å². The number of amides is 3. The van der Waals surface area contributed by atoms with Crippen LogP contribution in [0.15, 0.2) is 24.3 Å². The van der Waals surface area contributed by atoms with E-state index in [2.05, 4.69) is 10.6 Å². The van der Waals surface area contributed by atoms with E-state index in [9.17, 15) is 9.59 Å². The van der Waals surface area contributed by atoms with Gasteiger partial charge in [0.05, 0.1) is 6.04 Å². The highest BCUT2D eigenvalue weighted by Gasteiger charge is 2.31. The Morgan fingerprint density at radius 3 is 2.82 bits per heavy atom. The fourth-order valence-corrected chi connectivity index (χ4v) is 2.46. The van der Waals surface area contributed by atoms with E-state index >= 15 is 0 Å². The second-order valence-electron chi connectivity index (χ2n) is 5.13. The Hall–Kier alpha value is -1.79. The van der Waals surface area contributed by atoms with Crippen LogP contribution in [0.5, 0.6) is 0 Å². The first-order valence-corrected chi connectivity index (χ1v) is 7.57. The van der Waals surface area contributed by atoms with Crippen molar-refractivity contribution < 1.29 is 14.3 Å². The molecule has 0 aliphatic carbocycles. The number of ether oxygens (including phenoxy) is 1. The van der Waals surface area contributed by atoms with Crippen molar-refractivity contribution in [3.63, 3.8) is 0 Å². The summed E-state index contributed by atoms with van der Waals surface area (Å²) in [6.07, 6.45) is 1.05. The van der Waals surface area contributed by atoms with Gasteiger partial charge in [-0.05, 0) is 30.7 Å². The minimum atomic E-state index is -0.258. The summed E-state index contributed by atoms with van der Waals surface area (Å²) in [6, 6.07) is 6.64. The maximum atomic E-state index is 12.1. The molecule has 2 N–H and O–H groups in total. The lowest BCUT2D eigenvalue weighted by molar-refractivity contribution is -0.117. The van der Waals surface area contributed by atoms with Gasteiger partial charge in [0.2, 0.25) is 5.91 Å². The molecule has 0 spiro atoms. The molecular formula is C15H20ClN3O3. The molecular weight excluding hydrogens is 306 g/mol. The Morgan fingerprint density at radius 1 is 1.41 bits per heavy atom. The smallest absolute Gasteiger partial charge is 0.315 e. The topological polar surface area (TPSA) is 70.7 Å². The van der Waals surface area contributed by atoms with Gasteiger partial charge in [0.15, 0.2) is 0 Å². The number of nitrogens with one attached hydrogen (secondary N) is 2. The predicted octanol–water partition coefficient (Wildman–Crippen LogP) is 1.78. The molecule has 22 heavy (non-hydrogen) atoms. The third kappa shape index (κ3) is 4.61. The molecule has 1 aliphatic heterocycles. The fourth-order valence-electron chi connectivity index (χ4n) is 2.33. The summed E-state index contributed by atoms with van der Waals surface area (Å²) in [6.45, 7) is 1.61. The number of rotatable bonds is 6. The number of benzene rings is 1. The van der Waals surface area contributed by atoms with Crippen LogP contribution in [-0.4, -0.2) is 44.8 Å². The summed E-state index contributed by atoms with van der Waals surface area (Å²) in [5, 5.41) is 6.19. The molecule has 3 amide bonds. The van der Waals surface area contributed by atoms with Crippen LogP contribution in [0.4, 0.5) is 10.5 Å². The van der Waals surface area contributed by atoms with Crippen molar-refractivity contribution in [1.29, 1.82) is 0 Å². The van der Waals surface area contributed by atoms with Crippen LogP contribution in [0.1, 0.15) is 12.8 Å². The molecule has 1 heterocycles. The summed E-state index contributed by atoms with van der Waals surface area (Å²) >= 11 is 5.85. The zero-order chi connectivity index (χ0) is 15.9. The Morgan fingerprint density at radius 2 is 2.14 bits per heavy atom. The standard InChI is InChI=1S/C15H20ClN3O3/c1-22-8-2-7-17-15(21)18-12-9-14(20)19(10-12)13-5-3-11(16)4-6-13/h3-6,12H,2,7-10H2,1H3,(H2,17,18,21). The molecule has 1 fully saturated rings. The van der Waals surface area contributed by atoms with Crippen LogP contribution in [-0.2, 0) is 9.53 Å². The molecule has 1 aromatic carbocycles. The molecule has 0 aromatic heterocycles. The maximum absolute atomic E-state index is 12.1. The molecule has 1 aromatic rings. The summed E-state index contributed by atoms with van der Waals surface area (Å²) in [5.41, 5.74) is 0.791. The summed E-state index contributed by atoms with van der Waals surface area (Å²) in [5.74, 6) is -0.00740. The highest BCUT2D eigenvalue weighted by molar-refractivity contribution is 6.30. The van der Waals surface area contributed by atoms with Crippen LogP contribution in [0.2, 0.25) is 5.02 Å². The lowest BCUT2D eigenvalue weighted by Crippen LogP contribution is -2.43. The minimum Gasteiger partial charge on any atom is -0.385 e. The average molecular weight is 326 g/mol. The third-order valence-corrected chi connectivity index (χ3v) is 3.66. The van der Waals surface area contributed by atoms with Gasteiger partial charge in [-0.1, -0.05) is 11.6 Å². The number of carbonyl (C=O) groups excluding carboxylic acids is 2. The number of hydrogen-bond acceptors (Lipinski definition) is 3. The number of carbonyl (C=O) groups is 2. The number of halogens is 1. The molecule has 0 radical (unpaired) electrons. The zero-order valence-corrected chi connectivity index (χ0v) is 13.2. The van der Waals surface area contributed by atoms with Crippen molar-refractivity contribution in [2.45, 2.75) is 18.9 Å². The zero-order valence-electron chi connectivity index (χ0n) is 12.5. The maximum Gasteiger partial charge on any atom is 0.315 e. The molecule has 1 unspecified atom stereocenters. The van der Waals surface area contributed by atoms with Crippen LogP contribution in [0.3, 0.4) is 0 Å². The number of anilines is 1. The molecule has 0 saturated carbocycles. The van der Waals surface area contributed by atoms with Gasteiger partial charge in [-0.3, -0.25) is 4.79 Å². The highest BCUT2D eigenvalue weighted by Crippen LogP contribution is 2.23. The van der Waals surface area contributed by atoms with Gasteiger partial charge >= 0.3 is 6.03 Å². The monoisotopic (exact) mass is 325 g/mol. The van der Waals surface area contributed by atoms with E-state index in [1.54, 1.807) is 36.3 Å². The summed E-state index contributed by atoms with van der Waals surface area (Å²) in [7, 11) is 1.62. The first kappa shape index (κ1) is 16.6. The minimum absolute atomic E-state index is 0.00740. The van der Waals surface area contributed by atoms with E-state index in [1.807, 2.05) is 0 Å². The van der Waals surface area contributed by atoms with Gasteiger partial charge in [0, 0.05) is 43.9 Å². The van der Waals surface area contributed by atoms with Crippen LogP contribution < -0.4 is 15.5 Å². The average Bonchev–Trinajstić information content (AvgIpc) is 2.85. The van der Waals surface area contributed by atoms with Crippen molar-refractivity contribution in [3.8, 4) is 0 Å². The molecule has 120 valence electrons. The van der Waals surface area contributed by atoms with E-state index in [1.165, 1.54) is 0 Å². The second kappa shape index (κ2) is 8.00. The predicted molar refractivity (Wildman–Crippen MR) is 85.2 cm³/mol. The number of nitrogens with zero attached hydrogens (tertiary/aromatic N) is 1. The number of hydrogen-bond donors (Lipinski definition) is 2. The fraction of sp³-hybridized carbons (Fsp3) is 0.467. The van der Waals surface area contributed by atoms with Crippen molar-refractivity contribution in [2.24, 2.45) is 0 Å². The summed E-state index contributed by atoms with van der Waals surface area (Å²) < 4.78 is 4.91. The molecule has 0 bridgehead atoms. The lowest BCUT2D eigenvalue weighted by Gasteiger charge is -2.17. The van der Waals surface area contributed by atoms with Crippen molar-refractivity contribution >= 4 is 29.2 Å². The first-order valence-electron chi connectivity index (χ1n) is 7.19. The molecule has 1 atom stereocenters. The van der Waals surface area contributed by atoms with E-state index < -0.39 is 0 Å². The Bertz CT molecular complexity index is 521. The lowest BCUT2D eigenvalue weighted by atomic mass is 10.2. The number of methoxy groups -OCH3 is 1. The highest BCUT2D eigenvalue weighted by atomic mass is 35.5. The second-order valence-corrected chi connectivity index (χ2v) is 5.56. The number of urea groups is 1. The van der Waals surface area contributed by atoms with Gasteiger partial charge in [0.1, 0.15) is 0 Å². The SMILES string of the molecule is COCCCNC(=O)NC1CC(=O)N(c2ccc(Cl)cc2)C1. The molecule has 2 rings (SSSR count). The van der Waals surface area contributed by atoms with E-state index in [-0.39, 0.29) is 18.0 Å². The van der Waals surface area contributed by atoms with Crippen LogP contribution in [0, 0.1) is 0 Å². The van der Waals surface area contributed by atoms with Crippen LogP contribution in [0.25, 0.3) is 0 Å². The van der Waals surface area contributed by atoms with Gasteiger partial charge in [-0.25, -0.2) is 4.79 Å². The van der Waals surface area contributed by atoms with E-state index in [4.69, 9.17) is 16.3 Å². The van der Waals surface area contributed by atoms with Gasteiger partial charge in [0.25, 0.3) is 0 Å². The van der Waals surface area contributed by atoms with E-state index in [0.29, 0.717) is 31.1 Å². The quantitative estimate of drug-likeness (QED) is 0.783. The van der Waals surface area contributed by atoms with Crippen molar-refractivity contribution in [1.82, 2.24) is 10.6 Å². The van der Waals surface area contributed by atoms with Crippen molar-refractivity contribution in [2.75, 3.05) is 31.7 Å². The molecule has 7 heteroatoms. The molecule has 1 aliphatic rings. The van der Waals surface area contributed by atoms with Gasteiger partial charge in [-0.2, -0.15) is 0 Å². The third-order valence-electron chi connectivity index (χ3n) is 3.41.